The fourth-order valence-electron chi connectivity index (χ4n) is 2.19. The van der Waals surface area contributed by atoms with Gasteiger partial charge >= 0.3 is 0 Å². The van der Waals surface area contributed by atoms with Gasteiger partial charge in [-0.3, -0.25) is 4.79 Å². The Balaban J connectivity index is 1.87. The van der Waals surface area contributed by atoms with Crippen LogP contribution in [0.2, 0.25) is 0 Å². The van der Waals surface area contributed by atoms with Crippen molar-refractivity contribution < 1.29 is 9.69 Å². The topological polar surface area (TPSA) is 33.5 Å². The molecule has 22 heavy (non-hydrogen) atoms. The average molecular weight is 380 g/mol. The second-order valence-corrected chi connectivity index (χ2v) is 6.92. The van der Waals surface area contributed by atoms with Gasteiger partial charge in [0.25, 0.3) is 5.91 Å². The zero-order valence-corrected chi connectivity index (χ0v) is 15.1. The first-order valence-electron chi connectivity index (χ1n) is 7.07. The lowest BCUT2D eigenvalue weighted by molar-refractivity contribution is -0.885. The Morgan fingerprint density at radius 2 is 1.86 bits per heavy atom. The van der Waals surface area contributed by atoms with Crippen LogP contribution in [0.25, 0.3) is 0 Å². The van der Waals surface area contributed by atoms with Crippen molar-refractivity contribution in [3.05, 3.63) is 58.6 Å². The molecule has 0 radical (unpaired) electrons. The summed E-state index contributed by atoms with van der Waals surface area (Å²) in [4.78, 5) is 14.5. The summed E-state index contributed by atoms with van der Waals surface area (Å²) in [6, 6.07) is 16.1. The number of anilines is 1. The van der Waals surface area contributed by atoms with E-state index in [0.717, 1.165) is 21.6 Å². The molecule has 0 aliphatic rings. The van der Waals surface area contributed by atoms with Crippen molar-refractivity contribution in [3.63, 3.8) is 0 Å². The summed E-state index contributed by atoms with van der Waals surface area (Å²) >= 11 is 5.17. The third-order valence-corrected chi connectivity index (χ3v) is 4.71. The molecule has 0 aliphatic heterocycles. The maximum absolute atomic E-state index is 12.1. The highest BCUT2D eigenvalue weighted by Gasteiger charge is 2.12. The van der Waals surface area contributed by atoms with Gasteiger partial charge in [-0.2, -0.15) is 0 Å². The molecule has 0 saturated heterocycles. The predicted molar refractivity (Wildman–Crippen MR) is 96.5 cm³/mol. The fraction of sp³-hybridized carbons (Fsp3) is 0.235. The first-order valence-corrected chi connectivity index (χ1v) is 9.09. The van der Waals surface area contributed by atoms with Crippen molar-refractivity contribution in [1.82, 2.24) is 0 Å². The fourth-order valence-corrected chi connectivity index (χ4v) is 2.98. The second kappa shape index (κ2) is 8.36. The van der Waals surface area contributed by atoms with E-state index in [9.17, 15) is 4.79 Å². The van der Waals surface area contributed by atoms with Crippen molar-refractivity contribution in [2.45, 2.75) is 11.4 Å². The molecule has 1 amide bonds. The maximum atomic E-state index is 12.1. The lowest BCUT2D eigenvalue weighted by Gasteiger charge is -2.14. The number of amides is 1. The predicted octanol–water partition coefficient (Wildman–Crippen LogP) is 2.82. The SMILES string of the molecule is CSc1ccc(C[NH+](C)CC(=O)Nc2ccccc2Br)cc1. The van der Waals surface area contributed by atoms with Gasteiger partial charge < -0.3 is 10.2 Å². The van der Waals surface area contributed by atoms with E-state index in [-0.39, 0.29) is 5.91 Å². The van der Waals surface area contributed by atoms with Gasteiger partial charge in [0, 0.05) is 14.9 Å². The van der Waals surface area contributed by atoms with E-state index >= 15 is 0 Å². The maximum Gasteiger partial charge on any atom is 0.279 e. The zero-order valence-electron chi connectivity index (χ0n) is 12.7. The number of nitrogens with one attached hydrogen (secondary N) is 2. The zero-order chi connectivity index (χ0) is 15.9. The molecule has 0 aliphatic carbocycles. The molecule has 0 spiro atoms. The van der Waals surface area contributed by atoms with Crippen LogP contribution < -0.4 is 10.2 Å². The number of thioether (sulfide) groups is 1. The summed E-state index contributed by atoms with van der Waals surface area (Å²) in [7, 11) is 2.03. The highest BCUT2D eigenvalue weighted by atomic mass is 79.9. The molecule has 116 valence electrons. The third kappa shape index (κ3) is 5.16. The molecule has 0 saturated carbocycles. The summed E-state index contributed by atoms with van der Waals surface area (Å²) in [5.41, 5.74) is 2.05. The Labute approximate surface area is 144 Å². The molecule has 0 aromatic heterocycles. The number of carbonyl (C=O) groups excluding carboxylic acids is 1. The van der Waals surface area contributed by atoms with E-state index in [2.05, 4.69) is 51.8 Å². The monoisotopic (exact) mass is 379 g/mol. The Hall–Kier alpha value is -1.30. The molecule has 1 atom stereocenters. The minimum absolute atomic E-state index is 0.0186. The quantitative estimate of drug-likeness (QED) is 0.756. The number of rotatable bonds is 6. The van der Waals surface area contributed by atoms with Crippen molar-refractivity contribution in [2.75, 3.05) is 25.2 Å². The summed E-state index contributed by atoms with van der Waals surface area (Å²) in [6.07, 6.45) is 2.07. The van der Waals surface area contributed by atoms with Crippen molar-refractivity contribution >= 4 is 39.3 Å². The van der Waals surface area contributed by atoms with Crippen LogP contribution in [0.4, 0.5) is 5.69 Å². The summed E-state index contributed by atoms with van der Waals surface area (Å²) in [5, 5.41) is 2.94. The van der Waals surface area contributed by atoms with E-state index in [0.29, 0.717) is 6.54 Å². The highest BCUT2D eigenvalue weighted by Crippen LogP contribution is 2.20. The number of quaternary nitrogens is 1. The molecule has 0 bridgehead atoms. The molecule has 2 aromatic carbocycles. The minimum Gasteiger partial charge on any atom is -0.326 e. The van der Waals surface area contributed by atoms with Crippen LogP contribution in [0.3, 0.4) is 0 Å². The van der Waals surface area contributed by atoms with Gasteiger partial charge in [0.05, 0.1) is 12.7 Å². The lowest BCUT2D eigenvalue weighted by Crippen LogP contribution is -3.08. The van der Waals surface area contributed by atoms with Gasteiger partial charge in [0.15, 0.2) is 6.54 Å². The first kappa shape index (κ1) is 17.1. The molecular weight excluding hydrogens is 360 g/mol. The first-order chi connectivity index (χ1) is 10.6. The van der Waals surface area contributed by atoms with Gasteiger partial charge in [-0.25, -0.2) is 0 Å². The molecule has 1 unspecified atom stereocenters. The molecule has 2 rings (SSSR count). The largest absolute Gasteiger partial charge is 0.326 e. The molecule has 2 aromatic rings. The van der Waals surface area contributed by atoms with E-state index in [1.54, 1.807) is 11.8 Å². The van der Waals surface area contributed by atoms with Crippen molar-refractivity contribution in [3.8, 4) is 0 Å². The minimum atomic E-state index is 0.0186. The van der Waals surface area contributed by atoms with Crippen LogP contribution >= 0.6 is 27.7 Å². The third-order valence-electron chi connectivity index (χ3n) is 3.28. The van der Waals surface area contributed by atoms with Crippen LogP contribution in [0.15, 0.2) is 57.9 Å². The molecule has 0 fully saturated rings. The van der Waals surface area contributed by atoms with Gasteiger partial charge in [-0.1, -0.05) is 24.3 Å². The van der Waals surface area contributed by atoms with Crippen LogP contribution in [-0.2, 0) is 11.3 Å². The number of benzene rings is 2. The second-order valence-electron chi connectivity index (χ2n) is 5.19. The number of para-hydroxylation sites is 1. The van der Waals surface area contributed by atoms with Gasteiger partial charge in [-0.15, -0.1) is 11.8 Å². The number of hydrogen-bond donors (Lipinski definition) is 2. The van der Waals surface area contributed by atoms with E-state index in [1.807, 2.05) is 31.3 Å². The van der Waals surface area contributed by atoms with Crippen LogP contribution in [0, 0.1) is 0 Å². The highest BCUT2D eigenvalue weighted by molar-refractivity contribution is 9.10. The Morgan fingerprint density at radius 3 is 2.50 bits per heavy atom. The number of likely N-dealkylation sites (N-methyl/N-ethyl adjacent to an activating group) is 1. The number of halogens is 1. The van der Waals surface area contributed by atoms with Gasteiger partial charge in [0.1, 0.15) is 6.54 Å². The van der Waals surface area contributed by atoms with E-state index < -0.39 is 0 Å². The van der Waals surface area contributed by atoms with Crippen molar-refractivity contribution in [1.29, 1.82) is 0 Å². The van der Waals surface area contributed by atoms with E-state index in [1.165, 1.54) is 10.5 Å². The molecule has 0 heterocycles. The average Bonchev–Trinajstić information content (AvgIpc) is 2.50. The Morgan fingerprint density at radius 1 is 1.18 bits per heavy atom. The van der Waals surface area contributed by atoms with Crippen molar-refractivity contribution in [2.24, 2.45) is 0 Å². The Kier molecular flexibility index (Phi) is 6.49. The van der Waals surface area contributed by atoms with E-state index in [4.69, 9.17) is 0 Å². The summed E-state index contributed by atoms with van der Waals surface area (Å²) in [5.74, 6) is 0.0186. The smallest absolute Gasteiger partial charge is 0.279 e. The molecule has 5 heteroatoms. The van der Waals surface area contributed by atoms with Crippen LogP contribution in [-0.4, -0.2) is 25.8 Å². The normalized spacial score (nSPS) is 12.0. The number of hydrogen-bond acceptors (Lipinski definition) is 2. The molecular formula is C17H20BrN2OS+. The standard InChI is InChI=1S/C17H19BrN2OS/c1-20(11-13-7-9-14(22-2)10-8-13)12-17(21)19-16-6-4-3-5-15(16)18/h3-10H,11-12H2,1-2H3,(H,19,21)/p+1. The van der Waals surface area contributed by atoms with Crippen LogP contribution in [0.1, 0.15) is 5.56 Å². The number of carbonyl (C=O) groups is 1. The summed E-state index contributed by atoms with van der Waals surface area (Å²) in [6.45, 7) is 1.27. The molecule has 3 nitrogen and oxygen atoms in total. The van der Waals surface area contributed by atoms with Gasteiger partial charge in [0.2, 0.25) is 0 Å². The van der Waals surface area contributed by atoms with Crippen LogP contribution in [0.5, 0.6) is 0 Å². The summed E-state index contributed by atoms with van der Waals surface area (Å²) < 4.78 is 0.897. The molecule has 2 N–H and O–H groups in total. The van der Waals surface area contributed by atoms with Gasteiger partial charge in [-0.05, 0) is 46.5 Å². The lowest BCUT2D eigenvalue weighted by atomic mass is 10.2. The Bertz CT molecular complexity index is 631.